The molecule has 1 aliphatic rings. The van der Waals surface area contributed by atoms with Crippen molar-refractivity contribution in [1.29, 1.82) is 0 Å². The van der Waals surface area contributed by atoms with Crippen molar-refractivity contribution < 1.29 is 4.74 Å². The molecule has 1 aliphatic heterocycles. The second-order valence-corrected chi connectivity index (χ2v) is 5.63. The summed E-state index contributed by atoms with van der Waals surface area (Å²) in [6, 6.07) is 2.01. The number of halogens is 1. The molecule has 7 heteroatoms. The van der Waals surface area contributed by atoms with E-state index in [0.717, 1.165) is 15.0 Å². The highest BCUT2D eigenvalue weighted by Crippen LogP contribution is 2.33. The standard InChI is InChI=1S/C11H9BrN4OS/c12-6-3-7(18-5-6)4-17-10-9-8(1-2-14-9)15-11(13)16-10/h2-3,5H,1,4H2,(H2,13,15,16). The number of fused-ring (bicyclic) bond motifs is 1. The Morgan fingerprint density at radius 2 is 2.33 bits per heavy atom. The summed E-state index contributed by atoms with van der Waals surface area (Å²) in [7, 11) is 0. The van der Waals surface area contributed by atoms with Crippen molar-refractivity contribution in [2.45, 2.75) is 13.0 Å². The number of hydrogen-bond donors (Lipinski definition) is 1. The van der Waals surface area contributed by atoms with Gasteiger partial charge in [-0.25, -0.2) is 4.98 Å². The zero-order chi connectivity index (χ0) is 12.5. The van der Waals surface area contributed by atoms with Gasteiger partial charge in [0.15, 0.2) is 0 Å². The number of nitrogen functional groups attached to an aromatic ring is 1. The molecule has 0 saturated carbocycles. The Kier molecular flexibility index (Phi) is 3.00. The Labute approximate surface area is 116 Å². The molecule has 0 unspecified atom stereocenters. The van der Waals surface area contributed by atoms with Gasteiger partial charge in [-0.2, -0.15) is 4.98 Å². The van der Waals surface area contributed by atoms with Crippen LogP contribution in [0, 0.1) is 0 Å². The number of aromatic nitrogens is 2. The largest absolute Gasteiger partial charge is 0.470 e. The van der Waals surface area contributed by atoms with Gasteiger partial charge in [0.2, 0.25) is 11.8 Å². The minimum absolute atomic E-state index is 0.224. The first-order valence-electron chi connectivity index (χ1n) is 5.27. The van der Waals surface area contributed by atoms with Crippen molar-refractivity contribution >= 4 is 45.1 Å². The summed E-state index contributed by atoms with van der Waals surface area (Å²) in [5.41, 5.74) is 7.16. The van der Waals surface area contributed by atoms with Crippen LogP contribution < -0.4 is 10.5 Å². The van der Waals surface area contributed by atoms with Gasteiger partial charge in [-0.3, -0.25) is 4.99 Å². The van der Waals surface area contributed by atoms with E-state index in [9.17, 15) is 0 Å². The number of hydrogen-bond acceptors (Lipinski definition) is 6. The average Bonchev–Trinajstić information content (AvgIpc) is 2.94. The maximum atomic E-state index is 5.67. The first-order valence-corrected chi connectivity index (χ1v) is 6.94. The molecule has 0 bridgehead atoms. The van der Waals surface area contributed by atoms with E-state index in [1.807, 2.05) is 11.4 Å². The van der Waals surface area contributed by atoms with Crippen molar-refractivity contribution in [3.8, 4) is 5.88 Å². The third kappa shape index (κ3) is 2.23. The van der Waals surface area contributed by atoms with Crippen LogP contribution in [-0.2, 0) is 13.0 Å². The summed E-state index contributed by atoms with van der Waals surface area (Å²) >= 11 is 5.03. The third-order valence-electron chi connectivity index (χ3n) is 2.42. The quantitative estimate of drug-likeness (QED) is 0.942. The van der Waals surface area contributed by atoms with Gasteiger partial charge < -0.3 is 10.5 Å². The van der Waals surface area contributed by atoms with Crippen molar-refractivity contribution in [3.63, 3.8) is 0 Å². The number of thiophene rings is 1. The lowest BCUT2D eigenvalue weighted by Crippen LogP contribution is -2.02. The van der Waals surface area contributed by atoms with E-state index in [1.165, 1.54) is 0 Å². The molecule has 0 fully saturated rings. The van der Waals surface area contributed by atoms with Gasteiger partial charge in [-0.1, -0.05) is 0 Å². The van der Waals surface area contributed by atoms with Crippen molar-refractivity contribution in [2.75, 3.05) is 5.73 Å². The van der Waals surface area contributed by atoms with E-state index >= 15 is 0 Å². The number of nitrogens with two attached hydrogens (primary N) is 1. The zero-order valence-electron chi connectivity index (χ0n) is 9.26. The van der Waals surface area contributed by atoms with Crippen LogP contribution in [0.25, 0.3) is 0 Å². The van der Waals surface area contributed by atoms with Gasteiger partial charge in [0.05, 0.1) is 5.69 Å². The molecule has 3 heterocycles. The van der Waals surface area contributed by atoms with Crippen LogP contribution in [0.2, 0.25) is 0 Å². The smallest absolute Gasteiger partial charge is 0.245 e. The normalized spacial score (nSPS) is 12.7. The zero-order valence-corrected chi connectivity index (χ0v) is 11.7. The first kappa shape index (κ1) is 11.6. The molecule has 0 aromatic carbocycles. The van der Waals surface area contributed by atoms with E-state index in [2.05, 4.69) is 30.9 Å². The van der Waals surface area contributed by atoms with E-state index in [1.54, 1.807) is 17.6 Å². The fraction of sp³-hybridized carbons (Fsp3) is 0.182. The molecular weight excluding hydrogens is 316 g/mol. The fourth-order valence-electron chi connectivity index (χ4n) is 1.66. The van der Waals surface area contributed by atoms with Crippen LogP contribution in [0.1, 0.15) is 10.6 Å². The topological polar surface area (TPSA) is 73.4 Å². The number of nitrogens with zero attached hydrogens (tertiary/aromatic N) is 3. The lowest BCUT2D eigenvalue weighted by molar-refractivity contribution is 0.298. The second kappa shape index (κ2) is 4.66. The fourth-order valence-corrected chi connectivity index (χ4v) is 3.02. The van der Waals surface area contributed by atoms with E-state index in [-0.39, 0.29) is 5.95 Å². The van der Waals surface area contributed by atoms with Gasteiger partial charge in [0.25, 0.3) is 0 Å². The highest BCUT2D eigenvalue weighted by atomic mass is 79.9. The van der Waals surface area contributed by atoms with Crippen LogP contribution in [0.5, 0.6) is 5.88 Å². The monoisotopic (exact) mass is 324 g/mol. The number of aliphatic imine (C=N–C) groups is 1. The Balaban J connectivity index is 1.82. The van der Waals surface area contributed by atoms with Gasteiger partial charge in [0.1, 0.15) is 12.3 Å². The van der Waals surface area contributed by atoms with E-state index in [4.69, 9.17) is 10.5 Å². The van der Waals surface area contributed by atoms with E-state index < -0.39 is 0 Å². The summed E-state index contributed by atoms with van der Waals surface area (Å²) in [6.45, 7) is 0.453. The molecule has 0 radical (unpaired) electrons. The molecule has 0 atom stereocenters. The van der Waals surface area contributed by atoms with Crippen molar-refractivity contribution in [2.24, 2.45) is 4.99 Å². The molecule has 2 aromatic rings. The predicted octanol–water partition coefficient (Wildman–Crippen LogP) is 2.72. The minimum Gasteiger partial charge on any atom is -0.470 e. The van der Waals surface area contributed by atoms with Crippen molar-refractivity contribution in [1.82, 2.24) is 9.97 Å². The van der Waals surface area contributed by atoms with Gasteiger partial charge >= 0.3 is 0 Å². The second-order valence-electron chi connectivity index (χ2n) is 3.72. The molecule has 0 amide bonds. The molecule has 92 valence electrons. The molecule has 0 saturated heterocycles. The van der Waals surface area contributed by atoms with Crippen LogP contribution in [0.3, 0.4) is 0 Å². The molecule has 2 aromatic heterocycles. The van der Waals surface area contributed by atoms with Gasteiger partial charge in [-0.15, -0.1) is 11.3 Å². The maximum absolute atomic E-state index is 5.67. The Bertz CT molecular complexity index is 626. The SMILES string of the molecule is Nc1nc2c(c(OCc3cc(Br)cs3)n1)N=CC2. The summed E-state index contributed by atoms with van der Waals surface area (Å²) in [4.78, 5) is 13.5. The summed E-state index contributed by atoms with van der Waals surface area (Å²) < 4.78 is 6.73. The number of ether oxygens (including phenoxy) is 1. The molecule has 0 spiro atoms. The molecular formula is C11H9BrN4OS. The predicted molar refractivity (Wildman–Crippen MR) is 74.7 cm³/mol. The van der Waals surface area contributed by atoms with Crippen LogP contribution >= 0.6 is 27.3 Å². The highest BCUT2D eigenvalue weighted by molar-refractivity contribution is 9.10. The number of anilines is 1. The van der Waals surface area contributed by atoms with Crippen LogP contribution in [0.4, 0.5) is 11.6 Å². The maximum Gasteiger partial charge on any atom is 0.245 e. The van der Waals surface area contributed by atoms with Gasteiger partial charge in [-0.05, 0) is 22.0 Å². The number of rotatable bonds is 3. The minimum atomic E-state index is 0.224. The summed E-state index contributed by atoms with van der Waals surface area (Å²) in [5.74, 6) is 0.678. The summed E-state index contributed by atoms with van der Waals surface area (Å²) in [6.07, 6.45) is 2.47. The molecule has 5 nitrogen and oxygen atoms in total. The molecule has 0 aliphatic carbocycles. The van der Waals surface area contributed by atoms with E-state index in [0.29, 0.717) is 24.6 Å². The Morgan fingerprint density at radius 1 is 1.44 bits per heavy atom. The average molecular weight is 325 g/mol. The molecule has 2 N–H and O–H groups in total. The molecule has 18 heavy (non-hydrogen) atoms. The van der Waals surface area contributed by atoms with Crippen LogP contribution in [0.15, 0.2) is 20.9 Å². The Morgan fingerprint density at radius 3 is 3.11 bits per heavy atom. The van der Waals surface area contributed by atoms with Gasteiger partial charge in [0, 0.05) is 27.4 Å². The Hall–Kier alpha value is -1.47. The van der Waals surface area contributed by atoms with Crippen LogP contribution in [-0.4, -0.2) is 16.2 Å². The van der Waals surface area contributed by atoms with Crippen molar-refractivity contribution in [3.05, 3.63) is 26.5 Å². The highest BCUT2D eigenvalue weighted by Gasteiger charge is 2.17. The summed E-state index contributed by atoms with van der Waals surface area (Å²) in [5, 5.41) is 2.01. The lowest BCUT2D eigenvalue weighted by Gasteiger charge is -2.07. The third-order valence-corrected chi connectivity index (χ3v) is 4.09. The first-order chi connectivity index (χ1) is 8.72. The molecule has 3 rings (SSSR count). The lowest BCUT2D eigenvalue weighted by atomic mass is 10.3.